The van der Waals surface area contributed by atoms with Gasteiger partial charge in [0.25, 0.3) is 4.52 Å². The lowest BCUT2D eigenvalue weighted by atomic mass is 9.87. The Morgan fingerprint density at radius 1 is 1.52 bits per heavy atom. The van der Waals surface area contributed by atoms with Crippen LogP contribution < -0.4 is 5.73 Å². The van der Waals surface area contributed by atoms with Crippen LogP contribution in [0.4, 0.5) is 0 Å². The summed E-state index contributed by atoms with van der Waals surface area (Å²) in [6, 6.07) is -2.29. The SMILES string of the molecule is CC1(C)S[C@@H]2[C@H](C(N)C(=O)OC(Cl)(Cl)CCl)C(=O)N2[C@H]1C(=O)O. The summed E-state index contributed by atoms with van der Waals surface area (Å²) in [5.41, 5.74) is 5.80. The van der Waals surface area contributed by atoms with Crippen molar-refractivity contribution in [2.75, 3.05) is 5.88 Å². The number of rotatable bonds is 5. The lowest BCUT2D eigenvalue weighted by Gasteiger charge is -2.45. The third kappa shape index (κ3) is 3.24. The molecule has 11 heteroatoms. The topological polar surface area (TPSA) is 110 Å². The van der Waals surface area contributed by atoms with E-state index in [2.05, 4.69) is 0 Å². The molecule has 0 bridgehead atoms. The fraction of sp³-hybridized carbons (Fsp3) is 0.750. The number of nitrogens with two attached hydrogens (primary N) is 1. The van der Waals surface area contributed by atoms with Gasteiger partial charge < -0.3 is 20.5 Å². The molecular weight excluding hydrogens is 391 g/mol. The van der Waals surface area contributed by atoms with Gasteiger partial charge in [0.05, 0.1) is 17.2 Å². The van der Waals surface area contributed by atoms with Crippen molar-refractivity contribution in [2.45, 2.75) is 40.6 Å². The zero-order valence-corrected chi connectivity index (χ0v) is 15.2. The van der Waals surface area contributed by atoms with Gasteiger partial charge in [-0.25, -0.2) is 4.79 Å². The third-order valence-electron chi connectivity index (χ3n) is 3.78. The summed E-state index contributed by atoms with van der Waals surface area (Å²) in [6.45, 7) is 3.44. The van der Waals surface area contributed by atoms with E-state index in [0.29, 0.717) is 0 Å². The summed E-state index contributed by atoms with van der Waals surface area (Å²) >= 11 is 18.0. The Balaban J connectivity index is 2.14. The number of fused-ring (bicyclic) bond motifs is 1. The second-order valence-electron chi connectivity index (χ2n) is 5.84. The quantitative estimate of drug-likeness (QED) is 0.399. The minimum atomic E-state index is -1.94. The number of aliphatic carboxylic acids is 1. The number of amides is 1. The molecule has 3 N–H and O–H groups in total. The highest BCUT2D eigenvalue weighted by Crippen LogP contribution is 2.53. The number of nitrogens with zero attached hydrogens (tertiary/aromatic N) is 1. The number of esters is 1. The molecule has 2 aliphatic rings. The van der Waals surface area contributed by atoms with Gasteiger partial charge in [-0.05, 0) is 13.8 Å². The Morgan fingerprint density at radius 3 is 2.57 bits per heavy atom. The first-order valence-electron chi connectivity index (χ1n) is 6.58. The van der Waals surface area contributed by atoms with E-state index in [9.17, 15) is 19.5 Å². The van der Waals surface area contributed by atoms with E-state index in [0.717, 1.165) is 0 Å². The van der Waals surface area contributed by atoms with Crippen molar-refractivity contribution < 1.29 is 24.2 Å². The molecule has 0 aliphatic carbocycles. The second kappa shape index (κ2) is 6.15. The van der Waals surface area contributed by atoms with Crippen molar-refractivity contribution in [3.8, 4) is 0 Å². The summed E-state index contributed by atoms with van der Waals surface area (Å²) in [7, 11) is 0. The molecule has 2 heterocycles. The van der Waals surface area contributed by atoms with Gasteiger partial charge in [-0.15, -0.1) is 23.4 Å². The predicted octanol–water partition coefficient (Wildman–Crippen LogP) is 0.990. The van der Waals surface area contributed by atoms with Gasteiger partial charge in [0.15, 0.2) is 0 Å². The van der Waals surface area contributed by atoms with Crippen LogP contribution in [0.2, 0.25) is 0 Å². The van der Waals surface area contributed by atoms with E-state index < -0.39 is 50.5 Å². The molecule has 130 valence electrons. The first-order valence-corrected chi connectivity index (χ1v) is 8.75. The number of ether oxygens (including phenoxy) is 1. The molecule has 0 aromatic heterocycles. The van der Waals surface area contributed by atoms with E-state index in [1.54, 1.807) is 13.8 Å². The molecule has 2 rings (SSSR count). The molecule has 7 nitrogen and oxygen atoms in total. The van der Waals surface area contributed by atoms with Crippen LogP contribution in [0.1, 0.15) is 13.8 Å². The van der Waals surface area contributed by atoms with Crippen molar-refractivity contribution in [1.82, 2.24) is 4.90 Å². The summed E-state index contributed by atoms with van der Waals surface area (Å²) in [4.78, 5) is 36.9. The molecule has 23 heavy (non-hydrogen) atoms. The van der Waals surface area contributed by atoms with E-state index in [1.807, 2.05) is 0 Å². The molecule has 0 saturated carbocycles. The maximum atomic E-state index is 12.3. The fourth-order valence-electron chi connectivity index (χ4n) is 2.76. The number of halogens is 3. The van der Waals surface area contributed by atoms with E-state index in [1.165, 1.54) is 16.7 Å². The van der Waals surface area contributed by atoms with Gasteiger partial charge in [0.1, 0.15) is 12.1 Å². The zero-order chi connectivity index (χ0) is 17.7. The van der Waals surface area contributed by atoms with Crippen LogP contribution in [0.25, 0.3) is 0 Å². The molecule has 0 spiro atoms. The molecule has 0 aromatic carbocycles. The zero-order valence-electron chi connectivity index (χ0n) is 12.2. The lowest BCUT2D eigenvalue weighted by molar-refractivity contribution is -0.169. The van der Waals surface area contributed by atoms with Crippen LogP contribution in [0.15, 0.2) is 0 Å². The Morgan fingerprint density at radius 2 is 2.09 bits per heavy atom. The van der Waals surface area contributed by atoms with Crippen molar-refractivity contribution in [3.05, 3.63) is 0 Å². The average molecular weight is 406 g/mol. The van der Waals surface area contributed by atoms with Gasteiger partial charge in [0.2, 0.25) is 5.91 Å². The second-order valence-corrected chi connectivity index (χ2v) is 9.29. The van der Waals surface area contributed by atoms with Crippen LogP contribution in [0, 0.1) is 5.92 Å². The molecule has 1 amide bonds. The number of carboxylic acids is 1. The molecule has 4 atom stereocenters. The number of hydrogen-bond donors (Lipinski definition) is 2. The number of carbonyl (C=O) groups excluding carboxylic acids is 2. The molecule has 2 saturated heterocycles. The lowest BCUT2D eigenvalue weighted by Crippen LogP contribution is -2.68. The number of β-lactam (4-membered cyclic amide) rings is 1. The molecule has 2 fully saturated rings. The standard InChI is InChI=1S/C12H15Cl3N2O5S/c1-11(2)6(9(19)20)17-7(18)4(8(17)23-11)5(16)10(21)22-12(14,15)3-13/h4-6,8H,3,16H2,1-2H3,(H,19,20)/t4-,5?,6+,8-/m1/s1. The number of carbonyl (C=O) groups is 3. The van der Waals surface area contributed by atoms with Crippen molar-refractivity contribution in [3.63, 3.8) is 0 Å². The highest BCUT2D eigenvalue weighted by Gasteiger charge is 2.66. The summed E-state index contributed by atoms with van der Waals surface area (Å²) in [5.74, 6) is -3.84. The van der Waals surface area contributed by atoms with Gasteiger partial charge >= 0.3 is 11.9 Å². The number of carboxylic acid groups (broad SMARTS) is 1. The van der Waals surface area contributed by atoms with Crippen LogP contribution in [0.5, 0.6) is 0 Å². The smallest absolute Gasteiger partial charge is 0.327 e. The highest BCUT2D eigenvalue weighted by molar-refractivity contribution is 8.01. The third-order valence-corrected chi connectivity index (χ3v) is 6.44. The number of alkyl halides is 3. The van der Waals surface area contributed by atoms with Gasteiger partial charge in [0, 0.05) is 4.75 Å². The Hall–Kier alpha value is -0.410. The molecule has 0 aromatic rings. The first kappa shape index (κ1) is 18.9. The number of hydrogen-bond acceptors (Lipinski definition) is 6. The van der Waals surface area contributed by atoms with Gasteiger partial charge in [-0.1, -0.05) is 23.2 Å². The van der Waals surface area contributed by atoms with Gasteiger partial charge in [-0.3, -0.25) is 9.59 Å². The Bertz CT molecular complexity index is 559. The van der Waals surface area contributed by atoms with Crippen LogP contribution in [-0.2, 0) is 19.1 Å². The molecule has 2 aliphatic heterocycles. The summed E-state index contributed by atoms with van der Waals surface area (Å²) in [5, 5.41) is 8.81. The van der Waals surface area contributed by atoms with Crippen LogP contribution in [0.3, 0.4) is 0 Å². The minimum absolute atomic E-state index is 0.369. The average Bonchev–Trinajstić information content (AvgIpc) is 2.66. The molecule has 1 unspecified atom stereocenters. The highest BCUT2D eigenvalue weighted by atomic mass is 35.5. The Kier molecular flexibility index (Phi) is 5.06. The normalized spacial score (nSPS) is 30.4. The predicted molar refractivity (Wildman–Crippen MR) is 86.4 cm³/mol. The maximum absolute atomic E-state index is 12.3. The molecule has 0 radical (unpaired) electrons. The minimum Gasteiger partial charge on any atom is -0.480 e. The van der Waals surface area contributed by atoms with Crippen molar-refractivity contribution >= 4 is 64.4 Å². The molecular formula is C12H15Cl3N2O5S. The van der Waals surface area contributed by atoms with Crippen LogP contribution >= 0.6 is 46.6 Å². The maximum Gasteiger partial charge on any atom is 0.327 e. The van der Waals surface area contributed by atoms with Crippen LogP contribution in [-0.4, -0.2) is 60.5 Å². The van der Waals surface area contributed by atoms with E-state index in [-0.39, 0.29) is 5.88 Å². The summed E-state index contributed by atoms with van der Waals surface area (Å²) in [6.07, 6.45) is 0. The Labute approximate surface area is 151 Å². The monoisotopic (exact) mass is 404 g/mol. The fourth-order valence-corrected chi connectivity index (χ4v) is 4.71. The van der Waals surface area contributed by atoms with Gasteiger partial charge in [-0.2, -0.15) is 0 Å². The first-order chi connectivity index (χ1) is 10.4. The number of thioether (sulfide) groups is 1. The summed E-state index contributed by atoms with van der Waals surface area (Å²) < 4.78 is 2.13. The van der Waals surface area contributed by atoms with Crippen molar-refractivity contribution in [2.24, 2.45) is 11.7 Å². The van der Waals surface area contributed by atoms with Crippen molar-refractivity contribution in [1.29, 1.82) is 0 Å². The van der Waals surface area contributed by atoms with E-state index in [4.69, 9.17) is 45.3 Å². The largest absolute Gasteiger partial charge is 0.480 e. The van der Waals surface area contributed by atoms with E-state index >= 15 is 0 Å².